The minimum Gasteiger partial charge on any atom is -0.370 e. The Bertz CT molecular complexity index is 383. The molecule has 5 heteroatoms. The SMILES string of the molecule is Cc1nc(NCC(C)CN)cc(NC(C)(C)C)n1. The zero-order valence-corrected chi connectivity index (χ0v) is 12.0. The lowest BCUT2D eigenvalue weighted by atomic mass is 10.1. The van der Waals surface area contributed by atoms with Crippen LogP contribution in [0.2, 0.25) is 0 Å². The van der Waals surface area contributed by atoms with Crippen molar-refractivity contribution in [1.29, 1.82) is 0 Å². The van der Waals surface area contributed by atoms with Crippen LogP contribution in [0.1, 0.15) is 33.5 Å². The molecule has 0 bridgehead atoms. The van der Waals surface area contributed by atoms with E-state index in [-0.39, 0.29) is 5.54 Å². The Balaban J connectivity index is 2.74. The molecule has 0 fully saturated rings. The van der Waals surface area contributed by atoms with E-state index in [2.05, 4.69) is 48.3 Å². The zero-order valence-electron chi connectivity index (χ0n) is 12.0. The van der Waals surface area contributed by atoms with Crippen LogP contribution in [0.4, 0.5) is 11.6 Å². The van der Waals surface area contributed by atoms with Crippen LogP contribution in [0.15, 0.2) is 6.07 Å². The number of nitrogens with two attached hydrogens (primary N) is 1. The summed E-state index contributed by atoms with van der Waals surface area (Å²) < 4.78 is 0. The topological polar surface area (TPSA) is 75.9 Å². The van der Waals surface area contributed by atoms with Gasteiger partial charge in [0.2, 0.25) is 0 Å². The highest BCUT2D eigenvalue weighted by atomic mass is 15.1. The van der Waals surface area contributed by atoms with Crippen LogP contribution in [0.5, 0.6) is 0 Å². The second-order valence-electron chi connectivity index (χ2n) is 5.78. The Kier molecular flexibility index (Phi) is 4.90. The molecule has 0 aliphatic rings. The maximum Gasteiger partial charge on any atom is 0.132 e. The molecule has 1 aromatic rings. The van der Waals surface area contributed by atoms with Gasteiger partial charge in [-0.1, -0.05) is 6.92 Å². The maximum absolute atomic E-state index is 5.59. The van der Waals surface area contributed by atoms with Crippen molar-refractivity contribution in [2.45, 2.75) is 40.2 Å². The minimum atomic E-state index is -0.0113. The van der Waals surface area contributed by atoms with Gasteiger partial charge in [0.15, 0.2) is 0 Å². The Hall–Kier alpha value is -1.36. The lowest BCUT2D eigenvalue weighted by molar-refractivity contribution is 0.624. The highest BCUT2D eigenvalue weighted by Gasteiger charge is 2.11. The molecular weight excluding hydrogens is 226 g/mol. The van der Waals surface area contributed by atoms with Gasteiger partial charge < -0.3 is 16.4 Å². The first-order chi connectivity index (χ1) is 8.30. The monoisotopic (exact) mass is 251 g/mol. The third-order valence-electron chi connectivity index (χ3n) is 2.38. The fourth-order valence-corrected chi connectivity index (χ4v) is 1.47. The fourth-order valence-electron chi connectivity index (χ4n) is 1.47. The second kappa shape index (κ2) is 6.00. The summed E-state index contributed by atoms with van der Waals surface area (Å²) in [6.45, 7) is 11.8. The number of rotatable bonds is 5. The highest BCUT2D eigenvalue weighted by Crippen LogP contribution is 2.16. The summed E-state index contributed by atoms with van der Waals surface area (Å²) in [5.41, 5.74) is 5.58. The van der Waals surface area contributed by atoms with E-state index in [1.807, 2.05) is 13.0 Å². The first-order valence-corrected chi connectivity index (χ1v) is 6.38. The molecule has 0 amide bonds. The van der Waals surface area contributed by atoms with Crippen molar-refractivity contribution in [1.82, 2.24) is 9.97 Å². The summed E-state index contributed by atoms with van der Waals surface area (Å²) in [5.74, 6) is 2.87. The lowest BCUT2D eigenvalue weighted by Gasteiger charge is -2.22. The summed E-state index contributed by atoms with van der Waals surface area (Å²) in [5, 5.41) is 6.64. The minimum absolute atomic E-state index is 0.0113. The van der Waals surface area contributed by atoms with Gasteiger partial charge >= 0.3 is 0 Å². The molecule has 102 valence electrons. The van der Waals surface area contributed by atoms with Crippen molar-refractivity contribution in [3.8, 4) is 0 Å². The predicted molar refractivity (Wildman–Crippen MR) is 76.9 cm³/mol. The Morgan fingerprint density at radius 1 is 1.28 bits per heavy atom. The van der Waals surface area contributed by atoms with Crippen LogP contribution in [0, 0.1) is 12.8 Å². The zero-order chi connectivity index (χ0) is 13.8. The molecule has 4 N–H and O–H groups in total. The molecule has 18 heavy (non-hydrogen) atoms. The molecule has 0 aromatic carbocycles. The van der Waals surface area contributed by atoms with Gasteiger partial charge in [-0.3, -0.25) is 0 Å². The molecule has 1 heterocycles. The smallest absolute Gasteiger partial charge is 0.132 e. The molecule has 1 aromatic heterocycles. The van der Waals surface area contributed by atoms with Gasteiger partial charge in [-0.05, 0) is 40.2 Å². The number of anilines is 2. The van der Waals surface area contributed by atoms with E-state index in [0.717, 1.165) is 24.0 Å². The quantitative estimate of drug-likeness (QED) is 0.746. The van der Waals surface area contributed by atoms with E-state index in [1.165, 1.54) is 0 Å². The van der Waals surface area contributed by atoms with Crippen LogP contribution in [-0.4, -0.2) is 28.6 Å². The summed E-state index contributed by atoms with van der Waals surface area (Å²) in [4.78, 5) is 8.75. The first-order valence-electron chi connectivity index (χ1n) is 6.38. The average molecular weight is 251 g/mol. The number of nitrogens with one attached hydrogen (secondary N) is 2. The fraction of sp³-hybridized carbons (Fsp3) is 0.692. The molecule has 0 saturated carbocycles. The lowest BCUT2D eigenvalue weighted by Crippen LogP contribution is -2.27. The Labute approximate surface area is 110 Å². The van der Waals surface area contributed by atoms with Crippen LogP contribution in [0.25, 0.3) is 0 Å². The highest BCUT2D eigenvalue weighted by molar-refractivity contribution is 5.48. The molecule has 0 saturated heterocycles. The molecule has 1 atom stereocenters. The van der Waals surface area contributed by atoms with Crippen LogP contribution in [0.3, 0.4) is 0 Å². The van der Waals surface area contributed by atoms with E-state index in [0.29, 0.717) is 12.5 Å². The molecule has 0 spiro atoms. The predicted octanol–water partition coefficient (Wildman–Crippen LogP) is 2.00. The third-order valence-corrected chi connectivity index (χ3v) is 2.38. The number of aromatic nitrogens is 2. The van der Waals surface area contributed by atoms with Crippen LogP contribution < -0.4 is 16.4 Å². The number of nitrogens with zero attached hydrogens (tertiary/aromatic N) is 2. The Morgan fingerprint density at radius 2 is 1.89 bits per heavy atom. The van der Waals surface area contributed by atoms with Gasteiger partial charge in [-0.25, -0.2) is 9.97 Å². The second-order valence-corrected chi connectivity index (χ2v) is 5.78. The van der Waals surface area contributed by atoms with E-state index in [1.54, 1.807) is 0 Å². The van der Waals surface area contributed by atoms with Crippen LogP contribution >= 0.6 is 0 Å². The van der Waals surface area contributed by atoms with Crippen molar-refractivity contribution in [3.63, 3.8) is 0 Å². The van der Waals surface area contributed by atoms with Crippen LogP contribution in [-0.2, 0) is 0 Å². The van der Waals surface area contributed by atoms with E-state index >= 15 is 0 Å². The summed E-state index contributed by atoms with van der Waals surface area (Å²) >= 11 is 0. The van der Waals surface area contributed by atoms with Crippen molar-refractivity contribution >= 4 is 11.6 Å². The number of hydrogen-bond acceptors (Lipinski definition) is 5. The third kappa shape index (κ3) is 5.31. The molecule has 1 rings (SSSR count). The largest absolute Gasteiger partial charge is 0.370 e. The molecule has 0 aliphatic carbocycles. The van der Waals surface area contributed by atoms with Gasteiger partial charge in [0.1, 0.15) is 17.5 Å². The summed E-state index contributed by atoms with van der Waals surface area (Å²) in [6, 6.07) is 1.93. The number of aryl methyl sites for hydroxylation is 1. The van der Waals surface area contributed by atoms with Crippen molar-refractivity contribution in [3.05, 3.63) is 11.9 Å². The standard InChI is InChI=1S/C13H25N5/c1-9(7-14)8-15-11-6-12(17-10(2)16-11)18-13(3,4)5/h6,9H,7-8,14H2,1-5H3,(H2,15,16,17,18). The Morgan fingerprint density at radius 3 is 2.44 bits per heavy atom. The molecular formula is C13H25N5. The maximum atomic E-state index is 5.59. The van der Waals surface area contributed by atoms with Gasteiger partial charge in [0, 0.05) is 18.2 Å². The average Bonchev–Trinajstić information content (AvgIpc) is 2.22. The molecule has 0 aliphatic heterocycles. The van der Waals surface area contributed by atoms with Gasteiger partial charge in [0.05, 0.1) is 0 Å². The molecule has 1 unspecified atom stereocenters. The van der Waals surface area contributed by atoms with Gasteiger partial charge in [0.25, 0.3) is 0 Å². The van der Waals surface area contributed by atoms with Gasteiger partial charge in [-0.2, -0.15) is 0 Å². The van der Waals surface area contributed by atoms with Crippen molar-refractivity contribution in [2.75, 3.05) is 23.7 Å². The normalized spacial score (nSPS) is 13.2. The van der Waals surface area contributed by atoms with E-state index in [9.17, 15) is 0 Å². The van der Waals surface area contributed by atoms with E-state index < -0.39 is 0 Å². The summed E-state index contributed by atoms with van der Waals surface area (Å²) in [7, 11) is 0. The number of hydrogen-bond donors (Lipinski definition) is 3. The summed E-state index contributed by atoms with van der Waals surface area (Å²) in [6.07, 6.45) is 0. The van der Waals surface area contributed by atoms with Crippen molar-refractivity contribution < 1.29 is 0 Å². The van der Waals surface area contributed by atoms with E-state index in [4.69, 9.17) is 5.73 Å². The molecule has 0 radical (unpaired) electrons. The first kappa shape index (κ1) is 14.7. The van der Waals surface area contributed by atoms with Gasteiger partial charge in [-0.15, -0.1) is 0 Å². The molecule has 5 nitrogen and oxygen atoms in total. The van der Waals surface area contributed by atoms with Crippen molar-refractivity contribution in [2.24, 2.45) is 11.7 Å².